The van der Waals surface area contributed by atoms with E-state index in [1.807, 2.05) is 0 Å². The summed E-state index contributed by atoms with van der Waals surface area (Å²) in [5.74, 6) is -0.497. The Morgan fingerprint density at radius 3 is 2.50 bits per heavy atom. The predicted octanol–water partition coefficient (Wildman–Crippen LogP) is 0.866. The highest BCUT2D eigenvalue weighted by Crippen LogP contribution is 2.12. The molecule has 0 unspecified atom stereocenters. The van der Waals surface area contributed by atoms with Gasteiger partial charge in [0.1, 0.15) is 0 Å². The molecule has 18 heavy (non-hydrogen) atoms. The molecule has 5 nitrogen and oxygen atoms in total. The number of hydrogen-bond acceptors (Lipinski definition) is 3. The standard InChI is InChI=1S/C13H17N3O2/c14-12(17)9-4-6-10(7-5-9)16-13(18)11-3-1-2-8-15-11/h4-7,11,15H,1-3,8H2,(H2,14,17)(H,16,18)/t11-/m1/s1. The zero-order valence-electron chi connectivity index (χ0n) is 10.1. The maximum atomic E-state index is 11.9. The van der Waals surface area contributed by atoms with E-state index in [0.29, 0.717) is 11.3 Å². The van der Waals surface area contributed by atoms with Crippen molar-refractivity contribution >= 4 is 17.5 Å². The van der Waals surface area contributed by atoms with Crippen molar-refractivity contribution in [1.29, 1.82) is 0 Å². The van der Waals surface area contributed by atoms with Crippen molar-refractivity contribution < 1.29 is 9.59 Å². The Bertz CT molecular complexity index is 436. The van der Waals surface area contributed by atoms with E-state index in [2.05, 4.69) is 10.6 Å². The van der Waals surface area contributed by atoms with E-state index in [1.54, 1.807) is 24.3 Å². The molecule has 0 bridgehead atoms. The third-order valence-corrected chi connectivity index (χ3v) is 3.06. The van der Waals surface area contributed by atoms with Crippen LogP contribution in [-0.2, 0) is 4.79 Å². The lowest BCUT2D eigenvalue weighted by Crippen LogP contribution is -2.43. The molecule has 1 aromatic carbocycles. The maximum Gasteiger partial charge on any atom is 0.248 e. The molecule has 1 aliphatic rings. The van der Waals surface area contributed by atoms with Gasteiger partial charge in [0, 0.05) is 11.3 Å². The molecule has 0 radical (unpaired) electrons. The molecule has 0 spiro atoms. The Morgan fingerprint density at radius 1 is 1.22 bits per heavy atom. The van der Waals surface area contributed by atoms with Gasteiger partial charge in [0.15, 0.2) is 0 Å². The Labute approximate surface area is 106 Å². The van der Waals surface area contributed by atoms with E-state index in [1.165, 1.54) is 0 Å². The molecule has 1 aromatic rings. The Morgan fingerprint density at radius 2 is 1.94 bits per heavy atom. The third kappa shape index (κ3) is 3.07. The van der Waals surface area contributed by atoms with Crippen molar-refractivity contribution in [3.05, 3.63) is 29.8 Å². The van der Waals surface area contributed by atoms with Gasteiger partial charge in [0.25, 0.3) is 0 Å². The molecule has 4 N–H and O–H groups in total. The highest BCUT2D eigenvalue weighted by atomic mass is 16.2. The number of nitrogens with two attached hydrogens (primary N) is 1. The lowest BCUT2D eigenvalue weighted by Gasteiger charge is -2.22. The molecule has 5 heteroatoms. The second-order valence-corrected chi connectivity index (χ2v) is 4.43. The minimum Gasteiger partial charge on any atom is -0.366 e. The number of piperidine rings is 1. The first-order valence-electron chi connectivity index (χ1n) is 6.11. The van der Waals surface area contributed by atoms with Crippen molar-refractivity contribution in [3.8, 4) is 0 Å². The van der Waals surface area contributed by atoms with Gasteiger partial charge in [-0.25, -0.2) is 0 Å². The molecule has 1 saturated heterocycles. The normalized spacial score (nSPS) is 19.2. The zero-order valence-corrected chi connectivity index (χ0v) is 10.1. The van der Waals surface area contributed by atoms with E-state index < -0.39 is 5.91 Å². The summed E-state index contributed by atoms with van der Waals surface area (Å²) in [7, 11) is 0. The summed E-state index contributed by atoms with van der Waals surface area (Å²) in [4.78, 5) is 22.8. The molecule has 1 aliphatic heterocycles. The molecule has 2 amide bonds. The first-order chi connectivity index (χ1) is 8.66. The SMILES string of the molecule is NC(=O)c1ccc(NC(=O)[C@H]2CCCCN2)cc1. The van der Waals surface area contributed by atoms with Gasteiger partial charge in [-0.1, -0.05) is 6.42 Å². The van der Waals surface area contributed by atoms with Crippen LogP contribution in [0.5, 0.6) is 0 Å². The maximum absolute atomic E-state index is 11.9. The van der Waals surface area contributed by atoms with E-state index in [0.717, 1.165) is 25.8 Å². The topological polar surface area (TPSA) is 84.2 Å². The molecule has 2 rings (SSSR count). The van der Waals surface area contributed by atoms with Gasteiger partial charge in [-0.3, -0.25) is 9.59 Å². The van der Waals surface area contributed by atoms with Crippen molar-refractivity contribution in [2.75, 3.05) is 11.9 Å². The second-order valence-electron chi connectivity index (χ2n) is 4.43. The number of benzene rings is 1. The molecule has 1 atom stereocenters. The number of hydrogen-bond donors (Lipinski definition) is 3. The Balaban J connectivity index is 1.96. The van der Waals surface area contributed by atoms with Crippen LogP contribution >= 0.6 is 0 Å². The zero-order chi connectivity index (χ0) is 13.0. The summed E-state index contributed by atoms with van der Waals surface area (Å²) in [6.45, 7) is 0.888. The Kier molecular flexibility index (Phi) is 3.94. The monoisotopic (exact) mass is 247 g/mol. The minimum absolute atomic E-state index is 0.0264. The van der Waals surface area contributed by atoms with Crippen molar-refractivity contribution in [1.82, 2.24) is 5.32 Å². The summed E-state index contributed by atoms with van der Waals surface area (Å²) < 4.78 is 0. The summed E-state index contributed by atoms with van der Waals surface area (Å²) in [6, 6.07) is 6.45. The molecular formula is C13H17N3O2. The number of primary amides is 1. The number of carbonyl (C=O) groups excluding carboxylic acids is 2. The van der Waals surface area contributed by atoms with E-state index in [-0.39, 0.29) is 11.9 Å². The second kappa shape index (κ2) is 5.64. The lowest BCUT2D eigenvalue weighted by atomic mass is 10.0. The third-order valence-electron chi connectivity index (χ3n) is 3.06. The quantitative estimate of drug-likeness (QED) is 0.741. The van der Waals surface area contributed by atoms with Crippen molar-refractivity contribution in [2.45, 2.75) is 25.3 Å². The number of nitrogens with one attached hydrogen (secondary N) is 2. The fourth-order valence-corrected chi connectivity index (χ4v) is 2.02. The molecule has 0 aromatic heterocycles. The number of anilines is 1. The highest BCUT2D eigenvalue weighted by molar-refractivity contribution is 5.96. The van der Waals surface area contributed by atoms with Gasteiger partial charge < -0.3 is 16.4 Å². The van der Waals surface area contributed by atoms with E-state index >= 15 is 0 Å². The molecule has 96 valence electrons. The minimum atomic E-state index is -0.471. The molecule has 0 saturated carbocycles. The van der Waals surface area contributed by atoms with Crippen LogP contribution in [0.15, 0.2) is 24.3 Å². The van der Waals surface area contributed by atoms with Crippen LogP contribution < -0.4 is 16.4 Å². The number of carbonyl (C=O) groups is 2. The van der Waals surface area contributed by atoms with Gasteiger partial charge in [0.2, 0.25) is 11.8 Å². The summed E-state index contributed by atoms with van der Waals surface area (Å²) in [5.41, 5.74) is 6.26. The average Bonchev–Trinajstić information content (AvgIpc) is 2.40. The summed E-state index contributed by atoms with van der Waals surface area (Å²) >= 11 is 0. The van der Waals surface area contributed by atoms with Crippen LogP contribution in [0.2, 0.25) is 0 Å². The molecule has 1 fully saturated rings. The summed E-state index contributed by atoms with van der Waals surface area (Å²) in [5, 5.41) is 6.01. The van der Waals surface area contributed by atoms with Crippen LogP contribution in [-0.4, -0.2) is 24.4 Å². The van der Waals surface area contributed by atoms with Crippen molar-refractivity contribution in [2.24, 2.45) is 5.73 Å². The molecule has 1 heterocycles. The number of amides is 2. The van der Waals surface area contributed by atoms with Crippen LogP contribution in [0.25, 0.3) is 0 Å². The van der Waals surface area contributed by atoms with Gasteiger partial charge in [-0.05, 0) is 43.7 Å². The lowest BCUT2D eigenvalue weighted by molar-refractivity contribution is -0.118. The fraction of sp³-hybridized carbons (Fsp3) is 0.385. The Hall–Kier alpha value is -1.88. The first-order valence-corrected chi connectivity index (χ1v) is 6.11. The predicted molar refractivity (Wildman–Crippen MR) is 69.2 cm³/mol. The van der Waals surface area contributed by atoms with Crippen LogP contribution in [0, 0.1) is 0 Å². The molecule has 0 aliphatic carbocycles. The van der Waals surface area contributed by atoms with E-state index in [9.17, 15) is 9.59 Å². The van der Waals surface area contributed by atoms with E-state index in [4.69, 9.17) is 5.73 Å². The van der Waals surface area contributed by atoms with Crippen LogP contribution in [0.1, 0.15) is 29.6 Å². The fourth-order valence-electron chi connectivity index (χ4n) is 2.02. The summed E-state index contributed by atoms with van der Waals surface area (Å²) in [6.07, 6.45) is 3.06. The van der Waals surface area contributed by atoms with Crippen LogP contribution in [0.4, 0.5) is 5.69 Å². The smallest absolute Gasteiger partial charge is 0.248 e. The van der Waals surface area contributed by atoms with Crippen molar-refractivity contribution in [3.63, 3.8) is 0 Å². The molecular weight excluding hydrogens is 230 g/mol. The van der Waals surface area contributed by atoms with Gasteiger partial charge in [0.05, 0.1) is 6.04 Å². The average molecular weight is 247 g/mol. The van der Waals surface area contributed by atoms with Gasteiger partial charge in [-0.15, -0.1) is 0 Å². The van der Waals surface area contributed by atoms with Gasteiger partial charge in [-0.2, -0.15) is 0 Å². The van der Waals surface area contributed by atoms with Gasteiger partial charge >= 0.3 is 0 Å². The number of rotatable bonds is 3. The highest BCUT2D eigenvalue weighted by Gasteiger charge is 2.20. The first kappa shape index (κ1) is 12.6. The van der Waals surface area contributed by atoms with Crippen LogP contribution in [0.3, 0.4) is 0 Å². The largest absolute Gasteiger partial charge is 0.366 e.